The molecule has 0 saturated carbocycles. The molecule has 1 aliphatic carbocycles. The van der Waals surface area contributed by atoms with Crippen molar-refractivity contribution in [1.82, 2.24) is 4.98 Å². The number of hydrogen-bond donors (Lipinski definition) is 1. The summed E-state index contributed by atoms with van der Waals surface area (Å²) < 4.78 is 0. The molecule has 0 amide bonds. The summed E-state index contributed by atoms with van der Waals surface area (Å²) >= 11 is 0. The van der Waals surface area contributed by atoms with E-state index in [9.17, 15) is 24.5 Å². The molecule has 2 aliphatic rings. The van der Waals surface area contributed by atoms with Crippen molar-refractivity contribution in [2.24, 2.45) is 4.99 Å². The second kappa shape index (κ2) is 5.94. The van der Waals surface area contributed by atoms with Crippen molar-refractivity contribution in [1.29, 1.82) is 0 Å². The number of aliphatic imine (C=N–C) groups is 1. The number of hydrogen-bond acceptors (Lipinski definition) is 6. The first-order chi connectivity index (χ1) is 12.9. The molecule has 4 rings (SSSR count). The van der Waals surface area contributed by atoms with Gasteiger partial charge >= 0.3 is 0 Å². The number of carbonyl (C=O) groups is 2. The van der Waals surface area contributed by atoms with Crippen LogP contribution in [0.5, 0.6) is 0 Å². The van der Waals surface area contributed by atoms with E-state index >= 15 is 0 Å². The van der Waals surface area contributed by atoms with E-state index in [-0.39, 0.29) is 34.6 Å². The van der Waals surface area contributed by atoms with E-state index in [0.29, 0.717) is 11.1 Å². The van der Waals surface area contributed by atoms with Crippen molar-refractivity contribution in [2.75, 3.05) is 0 Å². The number of carbonyl (C=O) groups excluding carboxylic acids is 2. The first kappa shape index (κ1) is 16.8. The lowest BCUT2D eigenvalue weighted by molar-refractivity contribution is -0.385. The van der Waals surface area contributed by atoms with Gasteiger partial charge in [-0.25, -0.2) is 0 Å². The summed E-state index contributed by atoms with van der Waals surface area (Å²) in [5.74, 6) is -1.65. The summed E-state index contributed by atoms with van der Waals surface area (Å²) in [6.45, 7) is 1.58. The maximum Gasteiger partial charge on any atom is 0.273 e. The number of fused-ring (bicyclic) bond motifs is 1. The van der Waals surface area contributed by atoms with Crippen LogP contribution in [0.15, 0.2) is 51.4 Å². The van der Waals surface area contributed by atoms with E-state index in [1.807, 2.05) is 0 Å². The highest BCUT2D eigenvalue weighted by Crippen LogP contribution is 2.42. The second-order valence-electron chi connectivity index (χ2n) is 6.40. The molecule has 0 fully saturated rings. The standard InChI is InChI=1S/C19H13N3O5/c1-9-8-13(23)21-17-14(9)18(24)15-11(6-7-20-16(15)19(17)25)10-4-2-3-5-12(10)22(26)27/h2-5,7-8,11H,6H2,1H3,(H,21,23). The summed E-state index contributed by atoms with van der Waals surface area (Å²) in [5.41, 5.74) is 0.258. The Balaban J connectivity index is 1.96. The molecule has 134 valence electrons. The minimum Gasteiger partial charge on any atom is -0.318 e. The Hall–Kier alpha value is -3.68. The van der Waals surface area contributed by atoms with Crippen LogP contribution < -0.4 is 5.56 Å². The third-order valence-corrected chi connectivity index (χ3v) is 4.83. The van der Waals surface area contributed by atoms with E-state index in [4.69, 9.17) is 0 Å². The van der Waals surface area contributed by atoms with E-state index in [1.165, 1.54) is 18.3 Å². The number of aryl methyl sites for hydroxylation is 1. The van der Waals surface area contributed by atoms with Crippen molar-refractivity contribution in [2.45, 2.75) is 19.3 Å². The van der Waals surface area contributed by atoms with Crippen LogP contribution in [0, 0.1) is 17.0 Å². The maximum absolute atomic E-state index is 13.2. The van der Waals surface area contributed by atoms with Gasteiger partial charge in [-0.15, -0.1) is 0 Å². The van der Waals surface area contributed by atoms with Gasteiger partial charge in [-0.1, -0.05) is 18.2 Å². The van der Waals surface area contributed by atoms with Crippen LogP contribution in [0.4, 0.5) is 5.69 Å². The lowest BCUT2D eigenvalue weighted by Gasteiger charge is -2.27. The zero-order valence-electron chi connectivity index (χ0n) is 14.2. The monoisotopic (exact) mass is 363 g/mol. The number of nitro benzene ring substituents is 1. The largest absolute Gasteiger partial charge is 0.318 e. The Morgan fingerprint density at radius 2 is 1.93 bits per heavy atom. The number of para-hydroxylation sites is 1. The summed E-state index contributed by atoms with van der Waals surface area (Å²) in [6, 6.07) is 7.40. The Kier molecular flexibility index (Phi) is 3.69. The lowest BCUT2D eigenvalue weighted by atomic mass is 9.76. The normalized spacial score (nSPS) is 18.3. The number of benzene rings is 1. The zero-order chi connectivity index (χ0) is 19.3. The number of rotatable bonds is 2. The molecule has 1 N–H and O–H groups in total. The molecule has 1 aromatic heterocycles. The van der Waals surface area contributed by atoms with Crippen LogP contribution >= 0.6 is 0 Å². The van der Waals surface area contributed by atoms with Gasteiger partial charge in [-0.05, 0) is 18.9 Å². The number of aromatic amines is 1. The number of nitro groups is 1. The molecule has 8 heteroatoms. The van der Waals surface area contributed by atoms with E-state index < -0.39 is 28.0 Å². The van der Waals surface area contributed by atoms with Crippen LogP contribution in [-0.4, -0.2) is 27.7 Å². The zero-order valence-corrected chi connectivity index (χ0v) is 14.2. The van der Waals surface area contributed by atoms with Crippen molar-refractivity contribution in [3.05, 3.63) is 84.5 Å². The molecular weight excluding hydrogens is 350 g/mol. The topological polar surface area (TPSA) is 122 Å². The van der Waals surface area contributed by atoms with Gasteiger partial charge in [0.1, 0.15) is 11.4 Å². The number of nitrogens with zero attached hydrogens (tertiary/aromatic N) is 2. The molecule has 2 heterocycles. The van der Waals surface area contributed by atoms with Gasteiger partial charge in [0, 0.05) is 35.4 Å². The number of nitrogens with one attached hydrogen (secondary N) is 1. The predicted molar refractivity (Wildman–Crippen MR) is 96.4 cm³/mol. The number of H-pyrrole nitrogens is 1. The second-order valence-corrected chi connectivity index (χ2v) is 6.40. The van der Waals surface area contributed by atoms with Crippen molar-refractivity contribution >= 4 is 23.5 Å². The molecular formula is C19H13N3O5. The van der Waals surface area contributed by atoms with Gasteiger partial charge in [0.05, 0.1) is 10.5 Å². The fourth-order valence-corrected chi connectivity index (χ4v) is 3.68. The van der Waals surface area contributed by atoms with Crippen LogP contribution in [0.1, 0.15) is 44.3 Å². The van der Waals surface area contributed by atoms with E-state index in [2.05, 4.69) is 9.98 Å². The molecule has 8 nitrogen and oxygen atoms in total. The van der Waals surface area contributed by atoms with E-state index in [1.54, 1.807) is 25.1 Å². The summed E-state index contributed by atoms with van der Waals surface area (Å²) in [5, 5.41) is 11.4. The van der Waals surface area contributed by atoms with Crippen molar-refractivity contribution < 1.29 is 14.5 Å². The Bertz CT molecular complexity index is 1160. The third kappa shape index (κ3) is 2.45. The van der Waals surface area contributed by atoms with Crippen molar-refractivity contribution in [3.8, 4) is 0 Å². The van der Waals surface area contributed by atoms with Crippen molar-refractivity contribution in [3.63, 3.8) is 0 Å². The average molecular weight is 363 g/mol. The van der Waals surface area contributed by atoms with Crippen LogP contribution in [-0.2, 0) is 0 Å². The highest BCUT2D eigenvalue weighted by atomic mass is 16.6. The van der Waals surface area contributed by atoms with Gasteiger partial charge < -0.3 is 4.98 Å². The van der Waals surface area contributed by atoms with Gasteiger partial charge in [0.2, 0.25) is 11.3 Å². The summed E-state index contributed by atoms with van der Waals surface area (Å²) in [4.78, 5) is 55.2. The molecule has 0 bridgehead atoms. The Morgan fingerprint density at radius 3 is 2.67 bits per heavy atom. The van der Waals surface area contributed by atoms with Gasteiger partial charge in [-0.2, -0.15) is 0 Å². The van der Waals surface area contributed by atoms with Gasteiger partial charge in [0.15, 0.2) is 5.78 Å². The van der Waals surface area contributed by atoms with E-state index in [0.717, 1.165) is 0 Å². The average Bonchev–Trinajstić information content (AvgIpc) is 2.65. The van der Waals surface area contributed by atoms with Crippen LogP contribution in [0.3, 0.4) is 0 Å². The molecule has 1 aliphatic heterocycles. The quantitative estimate of drug-likeness (QED) is 0.649. The fraction of sp³-hybridized carbons (Fsp3) is 0.158. The summed E-state index contributed by atoms with van der Waals surface area (Å²) in [6.07, 6.45) is 1.74. The van der Waals surface area contributed by atoms with Gasteiger partial charge in [0.25, 0.3) is 5.69 Å². The number of pyridine rings is 1. The number of allylic oxidation sites excluding steroid dienone is 2. The number of aromatic nitrogens is 1. The molecule has 27 heavy (non-hydrogen) atoms. The fourth-order valence-electron chi connectivity index (χ4n) is 3.68. The molecule has 1 aromatic carbocycles. The predicted octanol–water partition coefficient (Wildman–Crippen LogP) is 2.48. The van der Waals surface area contributed by atoms with Gasteiger partial charge in [-0.3, -0.25) is 29.5 Å². The minimum atomic E-state index is -0.657. The third-order valence-electron chi connectivity index (χ3n) is 4.83. The molecule has 2 aromatic rings. The molecule has 0 spiro atoms. The highest BCUT2D eigenvalue weighted by molar-refractivity contribution is 6.27. The first-order valence-corrected chi connectivity index (χ1v) is 8.23. The lowest BCUT2D eigenvalue weighted by Crippen LogP contribution is -2.31. The SMILES string of the molecule is Cc1cc(=O)[nH]c2c1C(=O)C1=C(N=CCC1c1ccccc1[N+](=O)[O-])C2=O. The molecule has 1 atom stereocenters. The number of ketones is 2. The molecule has 1 unspecified atom stereocenters. The number of Topliss-reactive ketones (excluding diaryl/α,β-unsaturated/α-hetero) is 2. The minimum absolute atomic E-state index is 0.0665. The van der Waals surface area contributed by atoms with Crippen LogP contribution in [0.25, 0.3) is 0 Å². The highest BCUT2D eigenvalue weighted by Gasteiger charge is 2.41. The first-order valence-electron chi connectivity index (χ1n) is 8.23. The molecule has 0 radical (unpaired) electrons. The molecule has 0 saturated heterocycles. The van der Waals surface area contributed by atoms with Crippen LogP contribution in [0.2, 0.25) is 0 Å². The Labute approximate surface area is 152 Å². The Morgan fingerprint density at radius 1 is 1.19 bits per heavy atom. The maximum atomic E-state index is 13.2. The summed E-state index contributed by atoms with van der Waals surface area (Å²) in [7, 11) is 0. The smallest absolute Gasteiger partial charge is 0.273 e.